The highest BCUT2D eigenvalue weighted by atomic mass is 16.2. The van der Waals surface area contributed by atoms with Crippen LogP contribution < -0.4 is 15.5 Å². The third-order valence-corrected chi connectivity index (χ3v) is 6.68. The van der Waals surface area contributed by atoms with Crippen molar-refractivity contribution in [2.24, 2.45) is 0 Å². The van der Waals surface area contributed by atoms with Gasteiger partial charge < -0.3 is 15.1 Å². The second-order valence-electron chi connectivity index (χ2n) is 8.84. The van der Waals surface area contributed by atoms with Gasteiger partial charge in [-0.15, -0.1) is 0 Å². The van der Waals surface area contributed by atoms with E-state index in [1.807, 2.05) is 18.2 Å². The zero-order valence-electron chi connectivity index (χ0n) is 18.1. The van der Waals surface area contributed by atoms with Crippen molar-refractivity contribution in [2.75, 3.05) is 23.3 Å². The molecular weight excluding hydrogens is 404 g/mol. The van der Waals surface area contributed by atoms with Gasteiger partial charge in [-0.05, 0) is 67.1 Å². The molecule has 2 aromatic rings. The van der Waals surface area contributed by atoms with Crippen LogP contribution in [0.25, 0.3) is 0 Å². The smallest absolute Gasteiger partial charge is 0.255 e. The molecule has 0 spiro atoms. The molecule has 166 valence electrons. The number of carbonyl (C=O) groups excluding carboxylic acids is 3. The Kier molecular flexibility index (Phi) is 5.55. The van der Waals surface area contributed by atoms with Gasteiger partial charge in [0, 0.05) is 49.5 Å². The SMILES string of the molecule is O=C1CCC(N2Cc3cc(NCc4ccc(N5CCCCC5)cc4)ccc3C2=O)C(=O)N1. The van der Waals surface area contributed by atoms with Crippen molar-refractivity contribution >= 4 is 29.1 Å². The van der Waals surface area contributed by atoms with Crippen LogP contribution in [0.3, 0.4) is 0 Å². The second-order valence-corrected chi connectivity index (χ2v) is 8.84. The van der Waals surface area contributed by atoms with E-state index < -0.39 is 6.04 Å². The number of carbonyl (C=O) groups is 3. The Morgan fingerprint density at radius 1 is 0.969 bits per heavy atom. The maximum atomic E-state index is 12.8. The van der Waals surface area contributed by atoms with Crippen LogP contribution in [-0.2, 0) is 22.7 Å². The van der Waals surface area contributed by atoms with Crippen molar-refractivity contribution in [1.29, 1.82) is 0 Å². The van der Waals surface area contributed by atoms with Gasteiger partial charge in [-0.1, -0.05) is 12.1 Å². The van der Waals surface area contributed by atoms with E-state index in [9.17, 15) is 14.4 Å². The minimum absolute atomic E-state index is 0.144. The van der Waals surface area contributed by atoms with Gasteiger partial charge >= 0.3 is 0 Å². The number of benzene rings is 2. The van der Waals surface area contributed by atoms with Crippen LogP contribution in [0.5, 0.6) is 0 Å². The average molecular weight is 433 g/mol. The Morgan fingerprint density at radius 3 is 2.50 bits per heavy atom. The number of nitrogens with zero attached hydrogens (tertiary/aromatic N) is 2. The van der Waals surface area contributed by atoms with E-state index in [2.05, 4.69) is 39.8 Å². The molecule has 7 heteroatoms. The Balaban J connectivity index is 1.22. The van der Waals surface area contributed by atoms with E-state index in [-0.39, 0.29) is 24.1 Å². The second kappa shape index (κ2) is 8.65. The van der Waals surface area contributed by atoms with Gasteiger partial charge in [-0.2, -0.15) is 0 Å². The van der Waals surface area contributed by atoms with E-state index in [0.29, 0.717) is 25.1 Å². The predicted octanol–water partition coefficient (Wildman–Crippen LogP) is 3.05. The number of imide groups is 1. The summed E-state index contributed by atoms with van der Waals surface area (Å²) in [5, 5.41) is 5.79. The quantitative estimate of drug-likeness (QED) is 0.710. The molecule has 2 saturated heterocycles. The fraction of sp³-hybridized carbons (Fsp3) is 0.400. The van der Waals surface area contributed by atoms with E-state index in [4.69, 9.17) is 0 Å². The molecule has 1 atom stereocenters. The van der Waals surface area contributed by atoms with Gasteiger partial charge in [0.2, 0.25) is 11.8 Å². The van der Waals surface area contributed by atoms with Crippen LogP contribution in [0.4, 0.5) is 11.4 Å². The van der Waals surface area contributed by atoms with E-state index in [0.717, 1.165) is 24.3 Å². The van der Waals surface area contributed by atoms with Crippen LogP contribution in [0.1, 0.15) is 53.6 Å². The van der Waals surface area contributed by atoms with Crippen molar-refractivity contribution in [3.63, 3.8) is 0 Å². The molecule has 3 aliphatic heterocycles. The lowest BCUT2D eigenvalue weighted by molar-refractivity contribution is -0.136. The van der Waals surface area contributed by atoms with Crippen LogP contribution in [0.15, 0.2) is 42.5 Å². The number of hydrogen-bond acceptors (Lipinski definition) is 5. The summed E-state index contributed by atoms with van der Waals surface area (Å²) in [6.07, 6.45) is 4.51. The van der Waals surface area contributed by atoms with E-state index in [1.54, 1.807) is 4.90 Å². The molecule has 7 nitrogen and oxygen atoms in total. The number of rotatable bonds is 5. The minimum atomic E-state index is -0.581. The Morgan fingerprint density at radius 2 is 1.75 bits per heavy atom. The van der Waals surface area contributed by atoms with E-state index >= 15 is 0 Å². The highest BCUT2D eigenvalue weighted by Gasteiger charge is 2.39. The first-order valence-electron chi connectivity index (χ1n) is 11.4. The molecule has 0 saturated carbocycles. The molecule has 32 heavy (non-hydrogen) atoms. The van der Waals surface area contributed by atoms with Gasteiger partial charge in [-0.25, -0.2) is 0 Å². The molecule has 3 aliphatic rings. The number of amides is 3. The summed E-state index contributed by atoms with van der Waals surface area (Å²) in [7, 11) is 0. The van der Waals surface area contributed by atoms with Gasteiger partial charge in [0.05, 0.1) is 0 Å². The molecule has 0 bridgehead atoms. The predicted molar refractivity (Wildman–Crippen MR) is 122 cm³/mol. The lowest BCUT2D eigenvalue weighted by atomic mass is 10.0. The van der Waals surface area contributed by atoms with Crippen LogP contribution in [0, 0.1) is 0 Å². The molecule has 0 aromatic heterocycles. The van der Waals surface area contributed by atoms with Crippen molar-refractivity contribution < 1.29 is 14.4 Å². The van der Waals surface area contributed by atoms with Crippen LogP contribution >= 0.6 is 0 Å². The number of nitrogens with one attached hydrogen (secondary N) is 2. The number of fused-ring (bicyclic) bond motifs is 1. The lowest BCUT2D eigenvalue weighted by Crippen LogP contribution is -2.52. The maximum Gasteiger partial charge on any atom is 0.255 e. The summed E-state index contributed by atoms with van der Waals surface area (Å²) in [6, 6.07) is 13.9. The Labute approximate surface area is 187 Å². The van der Waals surface area contributed by atoms with Crippen molar-refractivity contribution in [3.8, 4) is 0 Å². The summed E-state index contributed by atoms with van der Waals surface area (Å²) >= 11 is 0. The van der Waals surface area contributed by atoms with Crippen molar-refractivity contribution in [3.05, 3.63) is 59.2 Å². The first kappa shape index (κ1) is 20.5. The Bertz CT molecular complexity index is 1040. The minimum Gasteiger partial charge on any atom is -0.381 e. The highest BCUT2D eigenvalue weighted by molar-refractivity contribution is 6.05. The molecule has 1 unspecified atom stereocenters. The molecular formula is C25H28N4O3. The molecule has 2 fully saturated rings. The monoisotopic (exact) mass is 432 g/mol. The average Bonchev–Trinajstić information content (AvgIpc) is 3.14. The zero-order valence-corrected chi connectivity index (χ0v) is 18.1. The van der Waals surface area contributed by atoms with E-state index in [1.165, 1.54) is 30.5 Å². The molecule has 0 aliphatic carbocycles. The topological polar surface area (TPSA) is 81.8 Å². The standard InChI is InChI=1S/C25H28N4O3/c30-23-11-10-22(24(31)27-23)29-16-18-14-19(6-9-21(18)25(29)32)26-15-17-4-7-20(8-5-17)28-12-2-1-3-13-28/h4-9,14,22,26H,1-3,10-13,15-16H2,(H,27,30,31). The normalized spacial score (nSPS) is 20.9. The maximum absolute atomic E-state index is 12.8. The molecule has 3 heterocycles. The molecule has 5 rings (SSSR count). The fourth-order valence-corrected chi connectivity index (χ4v) is 4.87. The third kappa shape index (κ3) is 4.07. The fourth-order valence-electron chi connectivity index (χ4n) is 4.87. The Hall–Kier alpha value is -3.35. The van der Waals surface area contributed by atoms with Crippen LogP contribution in [-0.4, -0.2) is 41.8 Å². The van der Waals surface area contributed by atoms with Gasteiger partial charge in [0.1, 0.15) is 6.04 Å². The first-order valence-corrected chi connectivity index (χ1v) is 11.4. The largest absolute Gasteiger partial charge is 0.381 e. The summed E-state index contributed by atoms with van der Waals surface area (Å²) < 4.78 is 0. The van der Waals surface area contributed by atoms with Gasteiger partial charge in [0.15, 0.2) is 0 Å². The summed E-state index contributed by atoms with van der Waals surface area (Å²) in [6.45, 7) is 3.37. The summed E-state index contributed by atoms with van der Waals surface area (Å²) in [5.74, 6) is -0.797. The van der Waals surface area contributed by atoms with Crippen molar-refractivity contribution in [1.82, 2.24) is 10.2 Å². The molecule has 2 N–H and O–H groups in total. The van der Waals surface area contributed by atoms with Crippen molar-refractivity contribution in [2.45, 2.75) is 51.2 Å². The molecule has 0 radical (unpaired) electrons. The zero-order chi connectivity index (χ0) is 22.1. The number of anilines is 2. The molecule has 2 aromatic carbocycles. The number of hydrogen-bond donors (Lipinski definition) is 2. The lowest BCUT2D eigenvalue weighted by Gasteiger charge is -2.29. The summed E-state index contributed by atoms with van der Waals surface area (Å²) in [4.78, 5) is 40.5. The van der Waals surface area contributed by atoms with Gasteiger partial charge in [-0.3, -0.25) is 19.7 Å². The summed E-state index contributed by atoms with van der Waals surface area (Å²) in [5.41, 5.74) is 4.98. The van der Waals surface area contributed by atoms with Gasteiger partial charge in [0.25, 0.3) is 5.91 Å². The van der Waals surface area contributed by atoms with Crippen LogP contribution in [0.2, 0.25) is 0 Å². The third-order valence-electron chi connectivity index (χ3n) is 6.68. The first-order chi connectivity index (χ1) is 15.6. The highest BCUT2D eigenvalue weighted by Crippen LogP contribution is 2.29. The number of piperidine rings is 2. The molecule has 3 amide bonds.